The maximum absolute atomic E-state index is 13.4. The molecule has 0 atom stereocenters. The van der Waals surface area contributed by atoms with Crippen LogP contribution in [-0.4, -0.2) is 26.7 Å². The molecule has 0 aliphatic heterocycles. The predicted molar refractivity (Wildman–Crippen MR) is 106 cm³/mol. The summed E-state index contributed by atoms with van der Waals surface area (Å²) in [5, 5.41) is 14.7. The summed E-state index contributed by atoms with van der Waals surface area (Å²) < 4.78 is 17.1. The third-order valence-corrected chi connectivity index (χ3v) is 4.48. The number of carbonyl (C=O) groups is 1. The van der Waals surface area contributed by atoms with E-state index in [4.69, 9.17) is 5.26 Å². The number of rotatable bonds is 4. The lowest BCUT2D eigenvalue weighted by Crippen LogP contribution is -2.33. The summed E-state index contributed by atoms with van der Waals surface area (Å²) in [4.78, 5) is 16.8. The summed E-state index contributed by atoms with van der Waals surface area (Å²) in [7, 11) is 1.82. The average Bonchev–Trinajstić information content (AvgIpc) is 3.17. The van der Waals surface area contributed by atoms with Gasteiger partial charge in [0.25, 0.3) is 0 Å². The zero-order valence-corrected chi connectivity index (χ0v) is 16.4. The Morgan fingerprint density at radius 3 is 2.75 bits per heavy atom. The van der Waals surface area contributed by atoms with Gasteiger partial charge in [-0.2, -0.15) is 5.26 Å². The van der Waals surface area contributed by atoms with Crippen LogP contribution in [0.3, 0.4) is 0 Å². The first-order valence-electron chi connectivity index (χ1n) is 8.97. The molecule has 0 saturated heterocycles. The molecule has 7 nitrogen and oxygen atoms in total. The van der Waals surface area contributed by atoms with Crippen LogP contribution >= 0.6 is 0 Å². The third kappa shape index (κ3) is 3.98. The Bertz CT molecular complexity index is 1070. The van der Waals surface area contributed by atoms with Crippen LogP contribution in [0.25, 0.3) is 11.0 Å². The van der Waals surface area contributed by atoms with E-state index in [0.29, 0.717) is 29.9 Å². The smallest absolute Gasteiger partial charge is 0.320 e. The van der Waals surface area contributed by atoms with Crippen molar-refractivity contribution >= 4 is 22.9 Å². The molecule has 2 heterocycles. The number of nitrogens with one attached hydrogen (secondary N) is 2. The van der Waals surface area contributed by atoms with Gasteiger partial charge in [-0.1, -0.05) is 0 Å². The Morgan fingerprint density at radius 1 is 1.32 bits per heavy atom. The molecular formula is C20H23FN6O. The monoisotopic (exact) mass is 382 g/mol. The van der Waals surface area contributed by atoms with Crippen LogP contribution in [0.4, 0.5) is 15.0 Å². The van der Waals surface area contributed by atoms with Gasteiger partial charge in [0.15, 0.2) is 0 Å². The van der Waals surface area contributed by atoms with Crippen molar-refractivity contribution in [3.05, 3.63) is 47.7 Å². The zero-order valence-electron chi connectivity index (χ0n) is 16.4. The normalized spacial score (nSPS) is 11.4. The Balaban J connectivity index is 1.64. The van der Waals surface area contributed by atoms with Gasteiger partial charge in [0.2, 0.25) is 0 Å². The number of carbonyl (C=O) groups excluding carboxylic acids is 1. The van der Waals surface area contributed by atoms with Crippen LogP contribution in [0, 0.1) is 17.1 Å². The molecule has 2 amide bonds. The van der Waals surface area contributed by atoms with E-state index in [0.717, 1.165) is 11.3 Å². The molecule has 0 saturated carbocycles. The van der Waals surface area contributed by atoms with Gasteiger partial charge in [0.1, 0.15) is 23.5 Å². The average molecular weight is 382 g/mol. The van der Waals surface area contributed by atoms with E-state index in [1.807, 2.05) is 37.0 Å². The second-order valence-corrected chi connectivity index (χ2v) is 7.62. The molecular weight excluding hydrogens is 359 g/mol. The van der Waals surface area contributed by atoms with E-state index in [-0.39, 0.29) is 17.4 Å². The van der Waals surface area contributed by atoms with Crippen molar-refractivity contribution in [2.24, 2.45) is 7.05 Å². The zero-order chi connectivity index (χ0) is 20.5. The molecule has 2 aromatic heterocycles. The maximum atomic E-state index is 13.4. The molecule has 3 rings (SSSR count). The molecule has 0 aliphatic carbocycles. The number of aromatic nitrogens is 3. The number of anilines is 1. The second kappa shape index (κ2) is 7.35. The highest BCUT2D eigenvalue weighted by Crippen LogP contribution is 2.23. The molecule has 0 fully saturated rings. The summed E-state index contributed by atoms with van der Waals surface area (Å²) in [6.45, 7) is 6.34. The number of imidazole rings is 1. The number of fused-ring (bicyclic) bond motifs is 1. The lowest BCUT2D eigenvalue weighted by Gasteiger charge is -2.24. The van der Waals surface area contributed by atoms with Gasteiger partial charge in [-0.25, -0.2) is 14.2 Å². The standard InChI is InChI=1S/C20H23FN6O/c1-20(2,3)27-12-13(11-22)9-18(27)25-19(28)23-8-7-17-24-15-6-5-14(21)10-16(15)26(17)4/h5-6,9-10,12H,7-8H2,1-4H3,(H2,23,25,28). The lowest BCUT2D eigenvalue weighted by atomic mass is 10.1. The molecule has 2 N–H and O–H groups in total. The van der Waals surface area contributed by atoms with Gasteiger partial charge in [-0.15, -0.1) is 0 Å². The molecule has 1 aromatic carbocycles. The summed E-state index contributed by atoms with van der Waals surface area (Å²) in [5.74, 6) is 1.00. The summed E-state index contributed by atoms with van der Waals surface area (Å²) in [6.07, 6.45) is 2.22. The fraction of sp³-hybridized carbons (Fsp3) is 0.350. The van der Waals surface area contributed by atoms with Gasteiger partial charge in [-0.05, 0) is 45.0 Å². The van der Waals surface area contributed by atoms with Gasteiger partial charge >= 0.3 is 6.03 Å². The first-order chi connectivity index (χ1) is 13.2. The van der Waals surface area contributed by atoms with Crippen LogP contribution in [-0.2, 0) is 19.0 Å². The Labute approximate surface area is 162 Å². The lowest BCUT2D eigenvalue weighted by molar-refractivity contribution is 0.252. The molecule has 0 radical (unpaired) electrons. The molecule has 8 heteroatoms. The largest absolute Gasteiger partial charge is 0.337 e. The van der Waals surface area contributed by atoms with Crippen LogP contribution in [0.2, 0.25) is 0 Å². The predicted octanol–water partition coefficient (Wildman–Crippen LogP) is 3.50. The number of benzene rings is 1. The van der Waals surface area contributed by atoms with Crippen molar-refractivity contribution in [2.75, 3.05) is 11.9 Å². The fourth-order valence-electron chi connectivity index (χ4n) is 3.06. The van der Waals surface area contributed by atoms with Crippen molar-refractivity contribution in [1.29, 1.82) is 5.26 Å². The topological polar surface area (TPSA) is 87.7 Å². The number of halogens is 1. The molecule has 3 aromatic rings. The SMILES string of the molecule is Cn1c(CCNC(=O)Nc2cc(C#N)cn2C(C)(C)C)nc2ccc(F)cc21. The van der Waals surface area contributed by atoms with Crippen molar-refractivity contribution in [1.82, 2.24) is 19.4 Å². The number of nitrogens with zero attached hydrogens (tertiary/aromatic N) is 4. The number of aryl methyl sites for hydroxylation is 1. The highest BCUT2D eigenvalue weighted by molar-refractivity contribution is 5.88. The first-order valence-corrected chi connectivity index (χ1v) is 8.97. The number of hydrogen-bond donors (Lipinski definition) is 2. The Morgan fingerprint density at radius 2 is 2.07 bits per heavy atom. The molecule has 0 aliphatic rings. The summed E-state index contributed by atoms with van der Waals surface area (Å²) in [5.41, 5.74) is 1.64. The van der Waals surface area contributed by atoms with Gasteiger partial charge in [0.05, 0.1) is 16.6 Å². The van der Waals surface area contributed by atoms with Crippen molar-refractivity contribution < 1.29 is 9.18 Å². The highest BCUT2D eigenvalue weighted by atomic mass is 19.1. The number of urea groups is 1. The molecule has 28 heavy (non-hydrogen) atoms. The van der Waals surface area contributed by atoms with E-state index < -0.39 is 0 Å². The Hall–Kier alpha value is -3.34. The van der Waals surface area contributed by atoms with Gasteiger partial charge in [0, 0.05) is 31.7 Å². The Kier molecular flexibility index (Phi) is 5.10. The van der Waals surface area contributed by atoms with E-state index in [1.54, 1.807) is 18.3 Å². The van der Waals surface area contributed by atoms with E-state index >= 15 is 0 Å². The highest BCUT2D eigenvalue weighted by Gasteiger charge is 2.19. The van der Waals surface area contributed by atoms with Crippen LogP contribution in [0.5, 0.6) is 0 Å². The van der Waals surface area contributed by atoms with E-state index in [9.17, 15) is 9.18 Å². The number of hydrogen-bond acceptors (Lipinski definition) is 3. The number of nitriles is 1. The van der Waals surface area contributed by atoms with Crippen LogP contribution < -0.4 is 10.6 Å². The quantitative estimate of drug-likeness (QED) is 0.724. The third-order valence-electron chi connectivity index (χ3n) is 4.48. The van der Waals surface area contributed by atoms with Gasteiger partial charge in [-0.3, -0.25) is 5.32 Å². The maximum Gasteiger partial charge on any atom is 0.320 e. The van der Waals surface area contributed by atoms with Crippen molar-refractivity contribution in [2.45, 2.75) is 32.7 Å². The molecule has 0 spiro atoms. The molecule has 0 bridgehead atoms. The van der Waals surface area contributed by atoms with Crippen LogP contribution in [0.1, 0.15) is 32.2 Å². The molecule has 0 unspecified atom stereocenters. The van der Waals surface area contributed by atoms with Crippen molar-refractivity contribution in [3.63, 3.8) is 0 Å². The number of amides is 2. The van der Waals surface area contributed by atoms with Gasteiger partial charge < -0.3 is 14.5 Å². The van der Waals surface area contributed by atoms with E-state index in [2.05, 4.69) is 21.7 Å². The fourth-order valence-corrected chi connectivity index (χ4v) is 3.06. The van der Waals surface area contributed by atoms with Crippen molar-refractivity contribution in [3.8, 4) is 6.07 Å². The minimum absolute atomic E-state index is 0.278. The summed E-state index contributed by atoms with van der Waals surface area (Å²) >= 11 is 0. The van der Waals surface area contributed by atoms with E-state index in [1.165, 1.54) is 12.1 Å². The molecule has 146 valence electrons. The minimum Gasteiger partial charge on any atom is -0.337 e. The minimum atomic E-state index is -0.363. The van der Waals surface area contributed by atoms with Crippen LogP contribution in [0.15, 0.2) is 30.5 Å². The second-order valence-electron chi connectivity index (χ2n) is 7.62. The first kappa shape index (κ1) is 19.4. The summed E-state index contributed by atoms with van der Waals surface area (Å²) in [6, 6.07) is 7.84.